The summed E-state index contributed by atoms with van der Waals surface area (Å²) in [5, 5.41) is 0. The molecule has 0 unspecified atom stereocenters. The maximum atomic E-state index is 3.68. The molecule has 0 rings (SSSR count). The van der Waals surface area contributed by atoms with E-state index in [0.717, 1.165) is 6.42 Å². The van der Waals surface area contributed by atoms with E-state index in [1.165, 1.54) is 31.3 Å². The van der Waals surface area contributed by atoms with Crippen LogP contribution in [0, 0.1) is 0 Å². The molecule has 0 atom stereocenters. The summed E-state index contributed by atoms with van der Waals surface area (Å²) in [5.74, 6) is 0. The third-order valence-electron chi connectivity index (χ3n) is 1.81. The molecule has 11 heavy (non-hydrogen) atoms. The third-order valence-corrected chi connectivity index (χ3v) is 1.81. The molecule has 0 fully saturated rings. The van der Waals surface area contributed by atoms with E-state index >= 15 is 0 Å². The van der Waals surface area contributed by atoms with Crippen molar-refractivity contribution in [3.05, 3.63) is 24.3 Å². The topological polar surface area (TPSA) is 0 Å². The fourth-order valence-electron chi connectivity index (χ4n) is 1.04. The minimum absolute atomic E-state index is 1.03. The largest absolute Gasteiger partial charge is 0.103 e. The molecule has 0 saturated heterocycles. The highest BCUT2D eigenvalue weighted by Crippen LogP contribution is 2.08. The summed E-state index contributed by atoms with van der Waals surface area (Å²) in [4.78, 5) is 0. The molecule has 64 valence electrons. The molecular formula is C11H20. The zero-order valence-corrected chi connectivity index (χ0v) is 7.90. The Balaban J connectivity index is 3.34. The number of hydrogen-bond acceptors (Lipinski definition) is 0. The molecule has 0 N–H and O–H groups in total. The Morgan fingerprint density at radius 2 is 2.09 bits per heavy atom. The Morgan fingerprint density at radius 3 is 2.64 bits per heavy atom. The molecule has 0 heteroatoms. The molecule has 0 aliphatic carbocycles. The summed E-state index contributed by atoms with van der Waals surface area (Å²) >= 11 is 0. The Labute approximate surface area is 71.0 Å². The minimum Gasteiger partial charge on any atom is -0.103 e. The van der Waals surface area contributed by atoms with E-state index in [2.05, 4.69) is 26.5 Å². The smallest absolute Gasteiger partial charge is 0.0169 e. The number of rotatable bonds is 6. The average Bonchev–Trinajstić information content (AvgIpc) is 2.01. The lowest BCUT2D eigenvalue weighted by atomic mass is 10.1. The molecular weight excluding hydrogens is 132 g/mol. The summed E-state index contributed by atoms with van der Waals surface area (Å²) in [7, 11) is 0. The second kappa shape index (κ2) is 7.59. The maximum Gasteiger partial charge on any atom is -0.0169 e. The van der Waals surface area contributed by atoms with Crippen molar-refractivity contribution in [3.63, 3.8) is 0 Å². The molecule has 0 aromatic carbocycles. The van der Waals surface area contributed by atoms with Gasteiger partial charge in [-0.3, -0.25) is 0 Å². The van der Waals surface area contributed by atoms with Crippen molar-refractivity contribution in [2.24, 2.45) is 0 Å². The lowest BCUT2D eigenvalue weighted by molar-refractivity contribution is 0.712. The lowest BCUT2D eigenvalue weighted by Crippen LogP contribution is -1.78. The van der Waals surface area contributed by atoms with Crippen LogP contribution in [0.25, 0.3) is 0 Å². The van der Waals surface area contributed by atoms with Crippen LogP contribution in [0.5, 0.6) is 0 Å². The normalized spacial score (nSPS) is 11.6. The fraction of sp³-hybridized carbons (Fsp3) is 0.636. The van der Waals surface area contributed by atoms with Gasteiger partial charge >= 0.3 is 0 Å². The molecule has 0 heterocycles. The van der Waals surface area contributed by atoms with E-state index in [0.29, 0.717) is 0 Å². The van der Waals surface area contributed by atoms with E-state index in [1.807, 2.05) is 6.08 Å². The van der Waals surface area contributed by atoms with Gasteiger partial charge in [0.2, 0.25) is 0 Å². The van der Waals surface area contributed by atoms with Crippen LogP contribution < -0.4 is 0 Å². The highest BCUT2D eigenvalue weighted by molar-refractivity contribution is 5.00. The van der Waals surface area contributed by atoms with Gasteiger partial charge in [0, 0.05) is 0 Å². The van der Waals surface area contributed by atoms with E-state index in [1.54, 1.807) is 0 Å². The van der Waals surface area contributed by atoms with Crippen molar-refractivity contribution in [1.82, 2.24) is 0 Å². The number of allylic oxidation sites excluding steroid dienone is 3. The van der Waals surface area contributed by atoms with Crippen LogP contribution in [0.15, 0.2) is 24.3 Å². The van der Waals surface area contributed by atoms with Crippen molar-refractivity contribution in [3.8, 4) is 0 Å². The first kappa shape index (κ1) is 10.5. The van der Waals surface area contributed by atoms with Crippen molar-refractivity contribution in [1.29, 1.82) is 0 Å². The number of hydrogen-bond donors (Lipinski definition) is 0. The second-order valence-corrected chi connectivity index (χ2v) is 3.03. The van der Waals surface area contributed by atoms with Gasteiger partial charge in [-0.15, -0.1) is 6.58 Å². The summed E-state index contributed by atoms with van der Waals surface area (Å²) in [6, 6.07) is 0. The number of unbranched alkanes of at least 4 members (excludes halogenated alkanes) is 2. The van der Waals surface area contributed by atoms with E-state index < -0.39 is 0 Å². The van der Waals surface area contributed by atoms with Crippen molar-refractivity contribution in [2.45, 2.75) is 46.0 Å². The van der Waals surface area contributed by atoms with Gasteiger partial charge < -0.3 is 0 Å². The van der Waals surface area contributed by atoms with Crippen LogP contribution in [0.2, 0.25) is 0 Å². The molecule has 0 aromatic rings. The second-order valence-electron chi connectivity index (χ2n) is 3.03. The highest BCUT2D eigenvalue weighted by Gasteiger charge is 1.88. The van der Waals surface area contributed by atoms with E-state index in [4.69, 9.17) is 0 Å². The molecule has 0 spiro atoms. The predicted octanol–water partition coefficient (Wildman–Crippen LogP) is 4.09. The van der Waals surface area contributed by atoms with Crippen molar-refractivity contribution < 1.29 is 0 Å². The monoisotopic (exact) mass is 152 g/mol. The molecule has 0 radical (unpaired) electrons. The first-order valence-corrected chi connectivity index (χ1v) is 4.57. The van der Waals surface area contributed by atoms with Crippen molar-refractivity contribution >= 4 is 0 Å². The van der Waals surface area contributed by atoms with E-state index in [-0.39, 0.29) is 0 Å². The van der Waals surface area contributed by atoms with Crippen molar-refractivity contribution in [2.75, 3.05) is 0 Å². The Morgan fingerprint density at radius 1 is 1.36 bits per heavy atom. The lowest BCUT2D eigenvalue weighted by Gasteiger charge is -1.98. The Bertz CT molecular complexity index is 120. The Kier molecular flexibility index (Phi) is 7.23. The Hall–Kier alpha value is -0.520. The van der Waals surface area contributed by atoms with Gasteiger partial charge in [-0.1, -0.05) is 37.5 Å². The molecule has 0 bridgehead atoms. The summed E-state index contributed by atoms with van der Waals surface area (Å²) in [6.07, 6.45) is 10.5. The molecule has 0 saturated carbocycles. The summed E-state index contributed by atoms with van der Waals surface area (Å²) < 4.78 is 0. The zero-order valence-electron chi connectivity index (χ0n) is 7.90. The maximum absolute atomic E-state index is 3.68. The fourth-order valence-corrected chi connectivity index (χ4v) is 1.04. The van der Waals surface area contributed by atoms with Gasteiger partial charge in [0.15, 0.2) is 0 Å². The first-order valence-electron chi connectivity index (χ1n) is 4.57. The van der Waals surface area contributed by atoms with Gasteiger partial charge in [0.05, 0.1) is 0 Å². The van der Waals surface area contributed by atoms with Crippen LogP contribution in [-0.2, 0) is 0 Å². The minimum atomic E-state index is 1.03. The average molecular weight is 152 g/mol. The van der Waals surface area contributed by atoms with Crippen LogP contribution in [0.1, 0.15) is 46.0 Å². The van der Waals surface area contributed by atoms with Crippen LogP contribution in [-0.4, -0.2) is 0 Å². The van der Waals surface area contributed by atoms with Gasteiger partial charge in [0.1, 0.15) is 0 Å². The molecule has 0 amide bonds. The quantitative estimate of drug-likeness (QED) is 0.397. The standard InChI is InChI=1S/C11H20/c1-4-6-8-10-11(3)9-7-5-2/h5,9H,2,4,6-8,10H2,1,3H3. The van der Waals surface area contributed by atoms with Crippen LogP contribution in [0.3, 0.4) is 0 Å². The van der Waals surface area contributed by atoms with Gasteiger partial charge in [-0.25, -0.2) is 0 Å². The van der Waals surface area contributed by atoms with Crippen LogP contribution >= 0.6 is 0 Å². The third kappa shape index (κ3) is 7.38. The summed E-state index contributed by atoms with van der Waals surface area (Å²) in [6.45, 7) is 8.13. The first-order chi connectivity index (χ1) is 5.31. The summed E-state index contributed by atoms with van der Waals surface area (Å²) in [5.41, 5.74) is 1.51. The van der Waals surface area contributed by atoms with E-state index in [9.17, 15) is 0 Å². The SMILES string of the molecule is C=CCC=C(C)CCCCC. The molecule has 0 aliphatic heterocycles. The van der Waals surface area contributed by atoms with Gasteiger partial charge in [-0.05, 0) is 26.2 Å². The zero-order chi connectivity index (χ0) is 8.53. The molecule has 0 aliphatic rings. The molecule has 0 nitrogen and oxygen atoms in total. The molecule has 0 aromatic heterocycles. The van der Waals surface area contributed by atoms with Gasteiger partial charge in [0.25, 0.3) is 0 Å². The van der Waals surface area contributed by atoms with Gasteiger partial charge in [-0.2, -0.15) is 0 Å². The van der Waals surface area contributed by atoms with Crippen LogP contribution in [0.4, 0.5) is 0 Å². The predicted molar refractivity (Wildman–Crippen MR) is 52.7 cm³/mol. The highest BCUT2D eigenvalue weighted by atomic mass is 13.9.